The van der Waals surface area contributed by atoms with Gasteiger partial charge in [-0.2, -0.15) is 0 Å². The van der Waals surface area contributed by atoms with Crippen LogP contribution in [0.3, 0.4) is 0 Å². The summed E-state index contributed by atoms with van der Waals surface area (Å²) in [6.45, 7) is 2.16. The van der Waals surface area contributed by atoms with Crippen molar-refractivity contribution in [2.45, 2.75) is 13.5 Å². The second kappa shape index (κ2) is 9.15. The molecule has 9 heteroatoms. The third-order valence-corrected chi connectivity index (χ3v) is 5.66. The van der Waals surface area contributed by atoms with Crippen molar-refractivity contribution in [1.82, 2.24) is 5.32 Å². The van der Waals surface area contributed by atoms with E-state index in [4.69, 9.17) is 21.1 Å². The average molecular weight is 534 g/mol. The molecule has 0 spiro atoms. The Morgan fingerprint density at radius 3 is 2.71 bits per heavy atom. The summed E-state index contributed by atoms with van der Waals surface area (Å²) in [5.41, 5.74) is 0.933. The van der Waals surface area contributed by atoms with Gasteiger partial charge >= 0.3 is 0 Å². The minimum Gasteiger partial charge on any atom is -0.490 e. The lowest BCUT2D eigenvalue weighted by Gasteiger charge is -2.15. The number of ether oxygens (including phenoxy) is 2. The minimum atomic E-state index is -0.448. The third kappa shape index (κ3) is 4.79. The zero-order chi connectivity index (χ0) is 20.3. The molecule has 0 bridgehead atoms. The van der Waals surface area contributed by atoms with Gasteiger partial charge in [-0.25, -0.2) is 4.39 Å². The molecule has 3 rings (SSSR count). The molecule has 1 aliphatic rings. The van der Waals surface area contributed by atoms with Gasteiger partial charge in [0.2, 0.25) is 0 Å². The van der Waals surface area contributed by atoms with Gasteiger partial charge in [-0.1, -0.05) is 17.7 Å². The van der Waals surface area contributed by atoms with E-state index in [1.165, 1.54) is 12.1 Å². The molecule has 0 aromatic heterocycles. The van der Waals surface area contributed by atoms with Gasteiger partial charge in [-0.3, -0.25) is 14.9 Å². The molecular weight excluding hydrogens is 520 g/mol. The molecule has 1 saturated heterocycles. The average Bonchev–Trinajstić information content (AvgIpc) is 2.93. The Balaban J connectivity index is 1.90. The summed E-state index contributed by atoms with van der Waals surface area (Å²) in [5, 5.41) is 2.09. The summed E-state index contributed by atoms with van der Waals surface area (Å²) in [4.78, 5) is 23.4. The maximum atomic E-state index is 14.0. The normalized spacial score (nSPS) is 15.1. The van der Waals surface area contributed by atoms with Gasteiger partial charge in [0, 0.05) is 5.56 Å². The Morgan fingerprint density at radius 2 is 2.07 bits per heavy atom. The monoisotopic (exact) mass is 533 g/mol. The maximum absolute atomic E-state index is 14.0. The van der Waals surface area contributed by atoms with E-state index in [1.807, 2.05) is 6.92 Å². The van der Waals surface area contributed by atoms with Crippen molar-refractivity contribution in [2.24, 2.45) is 0 Å². The number of carbonyl (C=O) groups excluding carboxylic acids is 2. The fourth-order valence-corrected chi connectivity index (χ4v) is 4.14. The van der Waals surface area contributed by atoms with Crippen LogP contribution < -0.4 is 14.8 Å². The smallest absolute Gasteiger partial charge is 0.290 e. The molecule has 2 amide bonds. The fourth-order valence-electron chi connectivity index (χ4n) is 2.46. The predicted molar refractivity (Wildman–Crippen MR) is 115 cm³/mol. The van der Waals surface area contributed by atoms with E-state index >= 15 is 0 Å². The van der Waals surface area contributed by atoms with Crippen LogP contribution in [0.25, 0.3) is 6.08 Å². The van der Waals surface area contributed by atoms with Crippen LogP contribution in [0, 0.1) is 9.39 Å². The first-order valence-electron chi connectivity index (χ1n) is 8.16. The van der Waals surface area contributed by atoms with Gasteiger partial charge in [0.15, 0.2) is 11.5 Å². The Hall–Kier alpha value is -1.78. The SMILES string of the molecule is CCOc1cc(/C=C2\SC(=O)NC2=O)cc(I)c1OCc1c(F)cccc1Cl. The number of hydrogen-bond donors (Lipinski definition) is 1. The molecule has 1 N–H and O–H groups in total. The first-order chi connectivity index (χ1) is 13.4. The van der Waals surface area contributed by atoms with Crippen LogP contribution in [-0.4, -0.2) is 17.8 Å². The molecule has 1 aliphatic heterocycles. The lowest BCUT2D eigenvalue weighted by atomic mass is 10.1. The number of hydrogen-bond acceptors (Lipinski definition) is 5. The van der Waals surface area contributed by atoms with Gasteiger partial charge in [0.25, 0.3) is 11.1 Å². The van der Waals surface area contributed by atoms with Crippen LogP contribution >= 0.6 is 46.0 Å². The van der Waals surface area contributed by atoms with E-state index in [1.54, 1.807) is 24.3 Å². The molecular formula is C19H14ClFINO4S. The Labute approximate surface area is 183 Å². The van der Waals surface area contributed by atoms with Crippen molar-refractivity contribution in [3.63, 3.8) is 0 Å². The second-order valence-corrected chi connectivity index (χ2v) is 8.19. The van der Waals surface area contributed by atoms with Crippen LogP contribution in [0.1, 0.15) is 18.1 Å². The topological polar surface area (TPSA) is 64.6 Å². The predicted octanol–water partition coefficient (Wildman–Crippen LogP) is 5.39. The first-order valence-corrected chi connectivity index (χ1v) is 10.4. The molecule has 1 heterocycles. The summed E-state index contributed by atoms with van der Waals surface area (Å²) in [6.07, 6.45) is 1.60. The highest BCUT2D eigenvalue weighted by Crippen LogP contribution is 2.37. The fraction of sp³-hybridized carbons (Fsp3) is 0.158. The molecule has 0 atom stereocenters. The van der Waals surface area contributed by atoms with E-state index in [-0.39, 0.29) is 17.2 Å². The molecule has 28 heavy (non-hydrogen) atoms. The van der Waals surface area contributed by atoms with Gasteiger partial charge in [0.05, 0.1) is 20.1 Å². The van der Waals surface area contributed by atoms with Crippen LogP contribution in [0.5, 0.6) is 11.5 Å². The van der Waals surface area contributed by atoms with E-state index in [9.17, 15) is 14.0 Å². The van der Waals surface area contributed by atoms with Crippen molar-refractivity contribution in [1.29, 1.82) is 0 Å². The van der Waals surface area contributed by atoms with E-state index in [0.717, 1.165) is 11.8 Å². The number of benzene rings is 2. The zero-order valence-corrected chi connectivity index (χ0v) is 18.3. The largest absolute Gasteiger partial charge is 0.490 e. The van der Waals surface area contributed by atoms with Crippen molar-refractivity contribution in [2.75, 3.05) is 6.61 Å². The quantitative estimate of drug-likeness (QED) is 0.399. The minimum absolute atomic E-state index is 0.0607. The van der Waals surface area contributed by atoms with Crippen LogP contribution in [0.2, 0.25) is 5.02 Å². The van der Waals surface area contributed by atoms with E-state index in [2.05, 4.69) is 27.9 Å². The van der Waals surface area contributed by atoms with E-state index in [0.29, 0.717) is 32.1 Å². The molecule has 1 fully saturated rings. The summed E-state index contributed by atoms with van der Waals surface area (Å²) < 4.78 is 26.2. The standard InChI is InChI=1S/C19H14ClFINO4S/c1-2-26-15-7-10(8-16-18(24)23-19(25)28-16)6-14(22)17(15)27-9-11-12(20)4-3-5-13(11)21/h3-8H,2,9H2,1H3,(H,23,24,25)/b16-8-. The number of thioether (sulfide) groups is 1. The van der Waals surface area contributed by atoms with Crippen molar-refractivity contribution in [3.8, 4) is 11.5 Å². The Morgan fingerprint density at radius 1 is 1.29 bits per heavy atom. The summed E-state index contributed by atoms with van der Waals surface area (Å²) in [6, 6.07) is 7.93. The molecule has 2 aromatic rings. The summed E-state index contributed by atoms with van der Waals surface area (Å²) >= 11 is 8.96. The zero-order valence-electron chi connectivity index (χ0n) is 14.6. The van der Waals surface area contributed by atoms with Gasteiger partial charge in [-0.15, -0.1) is 0 Å². The highest BCUT2D eigenvalue weighted by atomic mass is 127. The highest BCUT2D eigenvalue weighted by Gasteiger charge is 2.25. The molecule has 2 aromatic carbocycles. The molecule has 146 valence electrons. The number of nitrogens with one attached hydrogen (secondary N) is 1. The second-order valence-electron chi connectivity index (χ2n) is 5.60. The summed E-state index contributed by atoms with van der Waals surface area (Å²) in [7, 11) is 0. The van der Waals surface area contributed by atoms with Crippen LogP contribution in [0.4, 0.5) is 9.18 Å². The lowest BCUT2D eigenvalue weighted by Crippen LogP contribution is -2.17. The summed E-state index contributed by atoms with van der Waals surface area (Å²) in [5.74, 6) is 0.0141. The molecule has 5 nitrogen and oxygen atoms in total. The molecule has 0 saturated carbocycles. The first kappa shape index (κ1) is 20.9. The number of halogens is 3. The van der Waals surface area contributed by atoms with Gasteiger partial charge in [0.1, 0.15) is 12.4 Å². The molecule has 0 aliphatic carbocycles. The molecule has 0 unspecified atom stereocenters. The van der Waals surface area contributed by atoms with Crippen molar-refractivity contribution >= 4 is 63.2 Å². The number of rotatable bonds is 6. The van der Waals surface area contributed by atoms with Crippen molar-refractivity contribution < 1.29 is 23.5 Å². The van der Waals surface area contributed by atoms with Gasteiger partial charge < -0.3 is 9.47 Å². The highest BCUT2D eigenvalue weighted by molar-refractivity contribution is 14.1. The number of imide groups is 1. The van der Waals surface area contributed by atoms with Crippen molar-refractivity contribution in [3.05, 3.63) is 60.8 Å². The lowest BCUT2D eigenvalue weighted by molar-refractivity contribution is -0.115. The maximum Gasteiger partial charge on any atom is 0.290 e. The Kier molecular flexibility index (Phi) is 6.84. The number of amides is 2. The molecule has 0 radical (unpaired) electrons. The Bertz CT molecular complexity index is 962. The van der Waals surface area contributed by atoms with Crippen LogP contribution in [0.15, 0.2) is 35.2 Å². The van der Waals surface area contributed by atoms with E-state index < -0.39 is 17.0 Å². The number of carbonyl (C=O) groups is 2. The van der Waals surface area contributed by atoms with Gasteiger partial charge in [-0.05, 0) is 77.2 Å². The van der Waals surface area contributed by atoms with Crippen LogP contribution in [-0.2, 0) is 11.4 Å². The third-order valence-electron chi connectivity index (χ3n) is 3.69.